The van der Waals surface area contributed by atoms with Gasteiger partial charge in [0.05, 0.1) is 18.9 Å². The van der Waals surface area contributed by atoms with E-state index in [4.69, 9.17) is 0 Å². The first-order valence-electron chi connectivity index (χ1n) is 5.36. The third-order valence-electron chi connectivity index (χ3n) is 3.37. The van der Waals surface area contributed by atoms with Crippen molar-refractivity contribution >= 4 is 0 Å². The standard InChI is InChI=1S/C12H17NO2/c14-9-12(7-4-8-13(12)10-15)11-5-2-1-3-6-11/h1-3,5-6,14-15H,4,7-10H2. The highest BCUT2D eigenvalue weighted by Gasteiger charge is 2.41. The molecule has 0 radical (unpaired) electrons. The van der Waals surface area contributed by atoms with E-state index in [-0.39, 0.29) is 18.9 Å². The summed E-state index contributed by atoms with van der Waals surface area (Å²) in [6.07, 6.45) is 1.93. The van der Waals surface area contributed by atoms with Gasteiger partial charge in [0.1, 0.15) is 0 Å². The van der Waals surface area contributed by atoms with Crippen LogP contribution < -0.4 is 0 Å². The number of likely N-dealkylation sites (tertiary alicyclic amines) is 1. The van der Waals surface area contributed by atoms with Crippen molar-refractivity contribution in [2.75, 3.05) is 19.9 Å². The lowest BCUT2D eigenvalue weighted by Crippen LogP contribution is -2.44. The fraction of sp³-hybridized carbons (Fsp3) is 0.500. The van der Waals surface area contributed by atoms with Crippen LogP contribution in [0.2, 0.25) is 0 Å². The molecule has 3 nitrogen and oxygen atoms in total. The van der Waals surface area contributed by atoms with Crippen molar-refractivity contribution in [3.63, 3.8) is 0 Å². The number of hydrogen-bond acceptors (Lipinski definition) is 3. The predicted molar refractivity (Wildman–Crippen MR) is 58.2 cm³/mol. The zero-order chi connectivity index (χ0) is 10.7. The third-order valence-corrected chi connectivity index (χ3v) is 3.37. The van der Waals surface area contributed by atoms with Gasteiger partial charge in [-0.15, -0.1) is 0 Å². The molecule has 0 bridgehead atoms. The number of hydrogen-bond donors (Lipinski definition) is 2. The number of aliphatic hydroxyl groups is 2. The normalized spacial score (nSPS) is 27.1. The first-order chi connectivity index (χ1) is 7.33. The Bertz CT molecular complexity index is 315. The SMILES string of the molecule is OCN1CCCC1(CO)c1ccccc1. The molecular weight excluding hydrogens is 190 g/mol. The van der Waals surface area contributed by atoms with Crippen molar-refractivity contribution < 1.29 is 10.2 Å². The molecule has 1 aliphatic heterocycles. The second-order valence-electron chi connectivity index (χ2n) is 4.06. The lowest BCUT2D eigenvalue weighted by Gasteiger charge is -2.36. The number of rotatable bonds is 3. The molecule has 15 heavy (non-hydrogen) atoms. The molecule has 2 rings (SSSR count). The molecule has 0 saturated carbocycles. The number of nitrogens with zero attached hydrogens (tertiary/aromatic N) is 1. The van der Waals surface area contributed by atoms with Gasteiger partial charge < -0.3 is 10.2 Å². The van der Waals surface area contributed by atoms with Gasteiger partial charge in [0.15, 0.2) is 0 Å². The van der Waals surface area contributed by atoms with Gasteiger partial charge in [-0.3, -0.25) is 4.90 Å². The molecule has 1 atom stereocenters. The fourth-order valence-corrected chi connectivity index (χ4v) is 2.49. The topological polar surface area (TPSA) is 43.7 Å². The Morgan fingerprint density at radius 1 is 1.20 bits per heavy atom. The maximum Gasteiger partial charge on any atom is 0.0964 e. The smallest absolute Gasteiger partial charge is 0.0964 e. The molecule has 1 saturated heterocycles. The summed E-state index contributed by atoms with van der Waals surface area (Å²) < 4.78 is 0. The van der Waals surface area contributed by atoms with Crippen LogP contribution in [0.15, 0.2) is 30.3 Å². The van der Waals surface area contributed by atoms with Gasteiger partial charge in [-0.05, 0) is 18.4 Å². The van der Waals surface area contributed by atoms with Gasteiger partial charge in [0.25, 0.3) is 0 Å². The zero-order valence-corrected chi connectivity index (χ0v) is 8.76. The zero-order valence-electron chi connectivity index (χ0n) is 8.76. The second kappa shape index (κ2) is 4.31. The largest absolute Gasteiger partial charge is 0.394 e. The molecule has 2 N–H and O–H groups in total. The van der Waals surface area contributed by atoms with Crippen molar-refractivity contribution in [2.24, 2.45) is 0 Å². The molecule has 1 heterocycles. The van der Waals surface area contributed by atoms with Gasteiger partial charge in [0.2, 0.25) is 0 Å². The quantitative estimate of drug-likeness (QED) is 0.774. The van der Waals surface area contributed by atoms with Crippen molar-refractivity contribution in [3.05, 3.63) is 35.9 Å². The lowest BCUT2D eigenvalue weighted by atomic mass is 9.88. The van der Waals surface area contributed by atoms with Crippen LogP contribution in [0.4, 0.5) is 0 Å². The Morgan fingerprint density at radius 3 is 2.53 bits per heavy atom. The van der Waals surface area contributed by atoms with Crippen molar-refractivity contribution in [2.45, 2.75) is 18.4 Å². The molecule has 1 aromatic carbocycles. The molecule has 1 unspecified atom stereocenters. The van der Waals surface area contributed by atoms with Crippen LogP contribution in [-0.4, -0.2) is 35.0 Å². The molecule has 0 aromatic heterocycles. The fourth-order valence-electron chi connectivity index (χ4n) is 2.49. The van der Waals surface area contributed by atoms with E-state index in [0.29, 0.717) is 0 Å². The van der Waals surface area contributed by atoms with Crippen LogP contribution in [-0.2, 0) is 5.54 Å². The van der Waals surface area contributed by atoms with E-state index in [1.54, 1.807) is 0 Å². The van der Waals surface area contributed by atoms with Gasteiger partial charge in [-0.1, -0.05) is 30.3 Å². The minimum Gasteiger partial charge on any atom is -0.394 e. The number of benzene rings is 1. The van der Waals surface area contributed by atoms with E-state index in [0.717, 1.165) is 24.9 Å². The van der Waals surface area contributed by atoms with Crippen molar-refractivity contribution in [1.82, 2.24) is 4.90 Å². The van der Waals surface area contributed by atoms with E-state index >= 15 is 0 Å². The van der Waals surface area contributed by atoms with E-state index in [9.17, 15) is 10.2 Å². The summed E-state index contributed by atoms with van der Waals surface area (Å²) >= 11 is 0. The summed E-state index contributed by atoms with van der Waals surface area (Å²) in [6.45, 7) is 0.930. The summed E-state index contributed by atoms with van der Waals surface area (Å²) in [5, 5.41) is 18.9. The highest BCUT2D eigenvalue weighted by Crippen LogP contribution is 2.37. The Morgan fingerprint density at radius 2 is 1.93 bits per heavy atom. The molecule has 3 heteroatoms. The molecule has 1 fully saturated rings. The van der Waals surface area contributed by atoms with Crippen LogP contribution in [0.1, 0.15) is 18.4 Å². The molecule has 0 aliphatic carbocycles. The highest BCUT2D eigenvalue weighted by atomic mass is 16.3. The third kappa shape index (κ3) is 1.67. The van der Waals surface area contributed by atoms with Crippen LogP contribution in [0.5, 0.6) is 0 Å². The molecule has 1 aliphatic rings. The Balaban J connectivity index is 2.36. The molecule has 0 spiro atoms. The van der Waals surface area contributed by atoms with Crippen molar-refractivity contribution in [3.8, 4) is 0 Å². The molecule has 0 amide bonds. The van der Waals surface area contributed by atoms with Gasteiger partial charge in [-0.25, -0.2) is 0 Å². The van der Waals surface area contributed by atoms with Crippen LogP contribution in [0.25, 0.3) is 0 Å². The predicted octanol–water partition coefficient (Wildman–Crippen LogP) is 0.920. The summed E-state index contributed by atoms with van der Waals surface area (Å²) in [6, 6.07) is 9.95. The summed E-state index contributed by atoms with van der Waals surface area (Å²) in [5.41, 5.74) is 0.731. The van der Waals surface area contributed by atoms with Crippen LogP contribution in [0.3, 0.4) is 0 Å². The first kappa shape index (κ1) is 10.6. The van der Waals surface area contributed by atoms with E-state index in [2.05, 4.69) is 0 Å². The number of aliphatic hydroxyl groups excluding tert-OH is 2. The van der Waals surface area contributed by atoms with Crippen LogP contribution >= 0.6 is 0 Å². The lowest BCUT2D eigenvalue weighted by molar-refractivity contribution is -0.000693. The maximum absolute atomic E-state index is 9.62. The Labute approximate surface area is 90.0 Å². The minimum absolute atomic E-state index is 0.00938. The van der Waals surface area contributed by atoms with Crippen LogP contribution in [0, 0.1) is 0 Å². The van der Waals surface area contributed by atoms with Crippen molar-refractivity contribution in [1.29, 1.82) is 0 Å². The minimum atomic E-state index is -0.365. The maximum atomic E-state index is 9.62. The Kier molecular flexibility index (Phi) is 3.05. The van der Waals surface area contributed by atoms with Gasteiger partial charge >= 0.3 is 0 Å². The molecule has 82 valence electrons. The Hall–Kier alpha value is -0.900. The average Bonchev–Trinajstić information content (AvgIpc) is 2.74. The van der Waals surface area contributed by atoms with E-state index in [1.165, 1.54) is 0 Å². The second-order valence-corrected chi connectivity index (χ2v) is 4.06. The van der Waals surface area contributed by atoms with E-state index in [1.807, 2.05) is 35.2 Å². The summed E-state index contributed by atoms with van der Waals surface area (Å²) in [5.74, 6) is 0. The van der Waals surface area contributed by atoms with E-state index < -0.39 is 0 Å². The molecular formula is C12H17NO2. The summed E-state index contributed by atoms with van der Waals surface area (Å²) in [4.78, 5) is 1.95. The highest BCUT2D eigenvalue weighted by molar-refractivity contribution is 5.26. The van der Waals surface area contributed by atoms with Gasteiger partial charge in [0, 0.05) is 6.54 Å². The summed E-state index contributed by atoms with van der Waals surface area (Å²) in [7, 11) is 0. The first-order valence-corrected chi connectivity index (χ1v) is 5.36. The van der Waals surface area contributed by atoms with Gasteiger partial charge in [-0.2, -0.15) is 0 Å². The molecule has 1 aromatic rings. The monoisotopic (exact) mass is 207 g/mol. The average molecular weight is 207 g/mol.